The van der Waals surface area contributed by atoms with E-state index in [2.05, 4.69) is 5.43 Å². The van der Waals surface area contributed by atoms with Gasteiger partial charge in [-0.3, -0.25) is 5.84 Å². The van der Waals surface area contributed by atoms with Crippen LogP contribution in [0.2, 0.25) is 0 Å². The number of nitrogen functional groups attached to an aromatic ring is 1. The van der Waals surface area contributed by atoms with E-state index in [9.17, 15) is 8.78 Å². The average Bonchev–Trinajstić information content (AvgIpc) is 2.05. The van der Waals surface area contributed by atoms with Crippen LogP contribution in [0.15, 0.2) is 18.2 Å². The first-order valence-electron chi connectivity index (χ1n) is 3.23. The lowest BCUT2D eigenvalue weighted by molar-refractivity contribution is 0.147. The molecule has 0 saturated heterocycles. The van der Waals surface area contributed by atoms with Crippen molar-refractivity contribution in [3.05, 3.63) is 23.8 Å². The van der Waals surface area contributed by atoms with Crippen LogP contribution in [-0.2, 0) is 0 Å². The van der Waals surface area contributed by atoms with Gasteiger partial charge in [0.2, 0.25) is 0 Å². The molecule has 0 heterocycles. The van der Waals surface area contributed by atoms with E-state index in [4.69, 9.17) is 10.9 Å². The molecule has 1 rings (SSSR count). The SMILES string of the molecule is NNc1ccc(O)c(C(F)F)c1. The second-order valence-corrected chi connectivity index (χ2v) is 2.22. The van der Waals surface area contributed by atoms with E-state index in [1.54, 1.807) is 0 Å². The van der Waals surface area contributed by atoms with Gasteiger partial charge in [-0.25, -0.2) is 8.78 Å². The number of anilines is 1. The van der Waals surface area contributed by atoms with Gasteiger partial charge in [0, 0.05) is 5.69 Å². The Morgan fingerprint density at radius 2 is 2.08 bits per heavy atom. The molecule has 0 aliphatic carbocycles. The molecule has 0 unspecified atom stereocenters. The number of phenolic OH excluding ortho intramolecular Hbond substituents is 1. The molecular weight excluding hydrogens is 166 g/mol. The summed E-state index contributed by atoms with van der Waals surface area (Å²) in [5, 5.41) is 8.95. The lowest BCUT2D eigenvalue weighted by Crippen LogP contribution is -2.06. The second kappa shape index (κ2) is 3.36. The molecule has 3 nitrogen and oxygen atoms in total. The summed E-state index contributed by atoms with van der Waals surface area (Å²) in [6.45, 7) is 0. The van der Waals surface area contributed by atoms with E-state index >= 15 is 0 Å². The molecule has 5 heteroatoms. The van der Waals surface area contributed by atoms with Crippen molar-refractivity contribution in [3.63, 3.8) is 0 Å². The van der Waals surface area contributed by atoms with Crippen LogP contribution in [0.25, 0.3) is 0 Å². The molecular formula is C7H8F2N2O. The standard InChI is InChI=1S/C7H8F2N2O/c8-7(9)5-3-4(11-10)1-2-6(5)12/h1-3,7,11-12H,10H2. The predicted molar refractivity (Wildman–Crippen MR) is 40.9 cm³/mol. The Hall–Kier alpha value is -1.36. The van der Waals surface area contributed by atoms with Crippen molar-refractivity contribution < 1.29 is 13.9 Å². The van der Waals surface area contributed by atoms with Crippen LogP contribution in [0.5, 0.6) is 5.75 Å². The topological polar surface area (TPSA) is 58.3 Å². The first-order valence-corrected chi connectivity index (χ1v) is 3.23. The number of nitrogens with two attached hydrogens (primary N) is 1. The van der Waals surface area contributed by atoms with Crippen LogP contribution in [0.4, 0.5) is 14.5 Å². The Morgan fingerprint density at radius 1 is 1.42 bits per heavy atom. The summed E-state index contributed by atoms with van der Waals surface area (Å²) < 4.78 is 24.2. The van der Waals surface area contributed by atoms with Crippen LogP contribution < -0.4 is 11.3 Å². The molecule has 0 spiro atoms. The van der Waals surface area contributed by atoms with Crippen LogP contribution in [0, 0.1) is 0 Å². The van der Waals surface area contributed by atoms with Gasteiger partial charge >= 0.3 is 0 Å². The normalized spacial score (nSPS) is 10.3. The van der Waals surface area contributed by atoms with Gasteiger partial charge in [0.25, 0.3) is 6.43 Å². The predicted octanol–water partition coefficient (Wildman–Crippen LogP) is 1.62. The van der Waals surface area contributed by atoms with Crippen molar-refractivity contribution in [2.24, 2.45) is 5.84 Å². The third-order valence-corrected chi connectivity index (χ3v) is 1.43. The monoisotopic (exact) mass is 174 g/mol. The van der Waals surface area contributed by atoms with E-state index < -0.39 is 17.7 Å². The van der Waals surface area contributed by atoms with E-state index in [-0.39, 0.29) is 0 Å². The lowest BCUT2D eigenvalue weighted by atomic mass is 10.2. The molecule has 66 valence electrons. The van der Waals surface area contributed by atoms with Crippen LogP contribution >= 0.6 is 0 Å². The zero-order valence-electron chi connectivity index (χ0n) is 6.09. The van der Waals surface area contributed by atoms with Gasteiger partial charge in [0.1, 0.15) is 5.75 Å². The zero-order chi connectivity index (χ0) is 9.14. The maximum absolute atomic E-state index is 12.1. The number of alkyl halides is 2. The molecule has 4 N–H and O–H groups in total. The van der Waals surface area contributed by atoms with Crippen molar-refractivity contribution in [3.8, 4) is 5.75 Å². The minimum atomic E-state index is -2.70. The van der Waals surface area contributed by atoms with Gasteiger partial charge in [0.05, 0.1) is 5.56 Å². The lowest BCUT2D eigenvalue weighted by Gasteiger charge is -2.05. The summed E-state index contributed by atoms with van der Waals surface area (Å²) in [5.41, 5.74) is 2.12. The van der Waals surface area contributed by atoms with Gasteiger partial charge in [-0.2, -0.15) is 0 Å². The Bertz CT molecular complexity index is 278. The van der Waals surface area contributed by atoms with E-state index in [0.717, 1.165) is 12.1 Å². The highest BCUT2D eigenvalue weighted by atomic mass is 19.3. The van der Waals surface area contributed by atoms with Gasteiger partial charge in [-0.1, -0.05) is 0 Å². The third kappa shape index (κ3) is 1.62. The van der Waals surface area contributed by atoms with Crippen molar-refractivity contribution >= 4 is 5.69 Å². The van der Waals surface area contributed by atoms with Crippen molar-refractivity contribution in [1.82, 2.24) is 0 Å². The average molecular weight is 174 g/mol. The van der Waals surface area contributed by atoms with Crippen LogP contribution in [0.3, 0.4) is 0 Å². The molecule has 0 amide bonds. The maximum Gasteiger partial charge on any atom is 0.267 e. The number of rotatable bonds is 2. The quantitative estimate of drug-likeness (QED) is 0.362. The van der Waals surface area contributed by atoms with E-state index in [1.165, 1.54) is 6.07 Å². The highest BCUT2D eigenvalue weighted by Crippen LogP contribution is 2.29. The minimum Gasteiger partial charge on any atom is -0.507 e. The fraction of sp³-hybridized carbons (Fsp3) is 0.143. The van der Waals surface area contributed by atoms with Crippen molar-refractivity contribution in [1.29, 1.82) is 0 Å². The van der Waals surface area contributed by atoms with Gasteiger partial charge in [-0.15, -0.1) is 0 Å². The summed E-state index contributed by atoms with van der Waals surface area (Å²) in [4.78, 5) is 0. The number of hydrogen-bond donors (Lipinski definition) is 3. The summed E-state index contributed by atoms with van der Waals surface area (Å²) >= 11 is 0. The number of hydrogen-bond acceptors (Lipinski definition) is 3. The Morgan fingerprint density at radius 3 is 2.58 bits per heavy atom. The molecule has 0 aliphatic rings. The molecule has 0 atom stereocenters. The van der Waals surface area contributed by atoms with Crippen LogP contribution in [0.1, 0.15) is 12.0 Å². The summed E-state index contributed by atoms with van der Waals surface area (Å²) in [6, 6.07) is 3.66. The largest absolute Gasteiger partial charge is 0.507 e. The number of halogens is 2. The smallest absolute Gasteiger partial charge is 0.267 e. The summed E-state index contributed by atoms with van der Waals surface area (Å²) in [7, 11) is 0. The number of benzene rings is 1. The van der Waals surface area contributed by atoms with Crippen molar-refractivity contribution in [2.45, 2.75) is 6.43 Å². The molecule has 1 aromatic carbocycles. The highest BCUT2D eigenvalue weighted by molar-refractivity contribution is 5.50. The van der Waals surface area contributed by atoms with E-state index in [1.807, 2.05) is 0 Å². The molecule has 0 fully saturated rings. The molecule has 12 heavy (non-hydrogen) atoms. The Balaban J connectivity index is 3.08. The molecule has 0 aliphatic heterocycles. The van der Waals surface area contributed by atoms with Gasteiger partial charge in [0.15, 0.2) is 0 Å². The first-order chi connectivity index (χ1) is 5.65. The molecule has 0 aromatic heterocycles. The molecule has 0 bridgehead atoms. The number of phenols is 1. The van der Waals surface area contributed by atoms with Crippen LogP contribution in [-0.4, -0.2) is 5.11 Å². The fourth-order valence-electron chi connectivity index (χ4n) is 0.819. The summed E-state index contributed by atoms with van der Waals surface area (Å²) in [6.07, 6.45) is -2.70. The third-order valence-electron chi connectivity index (χ3n) is 1.43. The zero-order valence-corrected chi connectivity index (χ0v) is 6.09. The highest BCUT2D eigenvalue weighted by Gasteiger charge is 2.12. The van der Waals surface area contributed by atoms with E-state index in [0.29, 0.717) is 5.69 Å². The van der Waals surface area contributed by atoms with Crippen molar-refractivity contribution in [2.75, 3.05) is 5.43 Å². The first kappa shape index (κ1) is 8.73. The summed E-state index contributed by atoms with van der Waals surface area (Å²) in [5.74, 6) is 4.57. The second-order valence-electron chi connectivity index (χ2n) is 2.22. The Labute approximate surface area is 67.8 Å². The molecule has 0 saturated carbocycles. The minimum absolute atomic E-state index is 0.336. The molecule has 0 radical (unpaired) electrons. The van der Waals surface area contributed by atoms with Gasteiger partial charge in [-0.05, 0) is 18.2 Å². The number of nitrogens with one attached hydrogen (secondary N) is 1. The Kier molecular flexibility index (Phi) is 2.44. The number of aromatic hydroxyl groups is 1. The maximum atomic E-state index is 12.1. The van der Waals surface area contributed by atoms with Gasteiger partial charge < -0.3 is 10.5 Å². The molecule has 1 aromatic rings. The number of hydrazine groups is 1. The fourth-order valence-corrected chi connectivity index (χ4v) is 0.819.